The molecule has 4 nitrogen and oxygen atoms in total. The lowest BCUT2D eigenvalue weighted by atomic mass is 9.92. The lowest BCUT2D eigenvalue weighted by Gasteiger charge is -2.14. The van der Waals surface area contributed by atoms with E-state index in [0.717, 1.165) is 49.8 Å². The van der Waals surface area contributed by atoms with E-state index >= 15 is 0 Å². The Hall–Kier alpha value is -6.13. The van der Waals surface area contributed by atoms with Crippen LogP contribution in [0.2, 0.25) is 0 Å². The van der Waals surface area contributed by atoms with Gasteiger partial charge in [-0.25, -0.2) is 15.0 Å². The standard InChI is InChI=1S/C41H25N3O/c1-3-12-28(13-4-1)39-42-40(29-14-5-2-6-15-29)44-41(43-39)38-32(23-24-36-37(38)33-17-9-10-18-35(33)45-36)30-22-21-27-20-19-26-11-7-8-16-31(26)34(27)25-30/h1-25H. The summed E-state index contributed by atoms with van der Waals surface area (Å²) >= 11 is 0. The molecule has 210 valence electrons. The molecular formula is C41H25N3O. The van der Waals surface area contributed by atoms with Gasteiger partial charge < -0.3 is 4.42 Å². The average molecular weight is 576 g/mol. The molecule has 0 fully saturated rings. The summed E-state index contributed by atoms with van der Waals surface area (Å²) in [6.07, 6.45) is 0. The molecule has 0 aliphatic heterocycles. The van der Waals surface area contributed by atoms with E-state index in [1.807, 2.05) is 78.9 Å². The van der Waals surface area contributed by atoms with Gasteiger partial charge in [-0.1, -0.05) is 127 Å². The Kier molecular flexibility index (Phi) is 5.78. The molecular weight excluding hydrogens is 550 g/mol. The van der Waals surface area contributed by atoms with E-state index < -0.39 is 0 Å². The van der Waals surface area contributed by atoms with Crippen LogP contribution in [0.1, 0.15) is 0 Å². The van der Waals surface area contributed by atoms with Crippen molar-refractivity contribution in [3.05, 3.63) is 152 Å². The van der Waals surface area contributed by atoms with Crippen LogP contribution in [-0.2, 0) is 0 Å². The lowest BCUT2D eigenvalue weighted by Crippen LogP contribution is -2.01. The number of fused-ring (bicyclic) bond motifs is 6. The van der Waals surface area contributed by atoms with Crippen LogP contribution in [0.15, 0.2) is 156 Å². The minimum Gasteiger partial charge on any atom is -0.456 e. The second kappa shape index (κ2) is 10.2. The Morgan fingerprint density at radius 2 is 0.956 bits per heavy atom. The molecule has 4 heteroatoms. The van der Waals surface area contributed by atoms with Gasteiger partial charge in [0.05, 0.1) is 0 Å². The van der Waals surface area contributed by atoms with Crippen LogP contribution in [0, 0.1) is 0 Å². The highest BCUT2D eigenvalue weighted by atomic mass is 16.3. The van der Waals surface area contributed by atoms with Gasteiger partial charge in [0, 0.05) is 27.5 Å². The molecule has 0 saturated heterocycles. The van der Waals surface area contributed by atoms with E-state index in [1.165, 1.54) is 21.5 Å². The number of nitrogens with zero attached hydrogens (tertiary/aromatic N) is 3. The number of furan rings is 1. The fraction of sp³-hybridized carbons (Fsp3) is 0. The van der Waals surface area contributed by atoms with E-state index in [4.69, 9.17) is 19.4 Å². The van der Waals surface area contributed by atoms with E-state index in [0.29, 0.717) is 17.5 Å². The Labute approximate surface area is 259 Å². The molecule has 45 heavy (non-hydrogen) atoms. The quantitative estimate of drug-likeness (QED) is 0.196. The SMILES string of the molecule is c1ccc(-c2nc(-c3ccccc3)nc(-c3c(-c4ccc5ccc6ccccc6c5c4)ccc4oc5ccccc5c34)n2)cc1. The van der Waals surface area contributed by atoms with Crippen LogP contribution >= 0.6 is 0 Å². The molecule has 2 aromatic heterocycles. The minimum atomic E-state index is 0.605. The monoisotopic (exact) mass is 575 g/mol. The predicted molar refractivity (Wildman–Crippen MR) is 184 cm³/mol. The van der Waals surface area contributed by atoms with Gasteiger partial charge in [0.1, 0.15) is 11.2 Å². The number of para-hydroxylation sites is 1. The Balaban J connectivity index is 1.39. The predicted octanol–water partition coefficient (Wildman–Crippen LogP) is 10.7. The molecule has 0 aliphatic carbocycles. The molecule has 0 atom stereocenters. The van der Waals surface area contributed by atoms with Gasteiger partial charge in [0.25, 0.3) is 0 Å². The molecule has 0 amide bonds. The van der Waals surface area contributed by atoms with Crippen LogP contribution in [-0.4, -0.2) is 15.0 Å². The van der Waals surface area contributed by atoms with Crippen LogP contribution < -0.4 is 0 Å². The minimum absolute atomic E-state index is 0.605. The largest absolute Gasteiger partial charge is 0.456 e. The average Bonchev–Trinajstić information content (AvgIpc) is 3.50. The normalized spacial score (nSPS) is 11.6. The van der Waals surface area contributed by atoms with Crippen LogP contribution in [0.25, 0.3) is 88.8 Å². The molecule has 7 aromatic carbocycles. The molecule has 2 heterocycles. The summed E-state index contributed by atoms with van der Waals surface area (Å²) < 4.78 is 6.39. The fourth-order valence-corrected chi connectivity index (χ4v) is 6.38. The van der Waals surface area contributed by atoms with Crippen molar-refractivity contribution in [2.45, 2.75) is 0 Å². The maximum absolute atomic E-state index is 6.39. The van der Waals surface area contributed by atoms with Crippen molar-refractivity contribution in [2.24, 2.45) is 0 Å². The number of hydrogen-bond acceptors (Lipinski definition) is 4. The molecule has 0 spiro atoms. The van der Waals surface area contributed by atoms with Crippen LogP contribution in [0.5, 0.6) is 0 Å². The van der Waals surface area contributed by atoms with Gasteiger partial charge in [0.15, 0.2) is 17.5 Å². The zero-order chi connectivity index (χ0) is 29.7. The fourth-order valence-electron chi connectivity index (χ4n) is 6.38. The Morgan fingerprint density at radius 3 is 1.69 bits per heavy atom. The topological polar surface area (TPSA) is 51.8 Å². The summed E-state index contributed by atoms with van der Waals surface area (Å²) in [5, 5.41) is 6.87. The zero-order valence-electron chi connectivity index (χ0n) is 24.2. The first-order valence-electron chi connectivity index (χ1n) is 15.0. The highest BCUT2D eigenvalue weighted by Crippen LogP contribution is 2.43. The third kappa shape index (κ3) is 4.27. The molecule has 0 unspecified atom stereocenters. The van der Waals surface area contributed by atoms with Crippen molar-refractivity contribution in [3.63, 3.8) is 0 Å². The first-order chi connectivity index (χ1) is 22.3. The first-order valence-corrected chi connectivity index (χ1v) is 15.0. The highest BCUT2D eigenvalue weighted by molar-refractivity contribution is 6.16. The number of rotatable bonds is 4. The number of benzene rings is 7. The molecule has 9 aromatic rings. The molecule has 0 saturated carbocycles. The number of hydrogen-bond donors (Lipinski definition) is 0. The molecule has 0 N–H and O–H groups in total. The van der Waals surface area contributed by atoms with E-state index in [2.05, 4.69) is 72.8 Å². The lowest BCUT2D eigenvalue weighted by molar-refractivity contribution is 0.669. The van der Waals surface area contributed by atoms with Crippen molar-refractivity contribution in [3.8, 4) is 45.3 Å². The van der Waals surface area contributed by atoms with E-state index in [-0.39, 0.29) is 0 Å². The van der Waals surface area contributed by atoms with Crippen molar-refractivity contribution < 1.29 is 4.42 Å². The van der Waals surface area contributed by atoms with E-state index in [1.54, 1.807) is 0 Å². The smallest absolute Gasteiger partial charge is 0.165 e. The highest BCUT2D eigenvalue weighted by Gasteiger charge is 2.22. The second-order valence-corrected chi connectivity index (χ2v) is 11.2. The Morgan fingerprint density at radius 1 is 0.378 bits per heavy atom. The summed E-state index contributed by atoms with van der Waals surface area (Å²) in [4.78, 5) is 15.3. The van der Waals surface area contributed by atoms with Crippen molar-refractivity contribution in [2.75, 3.05) is 0 Å². The molecule has 0 radical (unpaired) electrons. The second-order valence-electron chi connectivity index (χ2n) is 11.2. The van der Waals surface area contributed by atoms with Gasteiger partial charge in [-0.2, -0.15) is 0 Å². The molecule has 0 aliphatic rings. The van der Waals surface area contributed by atoms with Gasteiger partial charge in [-0.15, -0.1) is 0 Å². The van der Waals surface area contributed by atoms with Crippen molar-refractivity contribution in [1.82, 2.24) is 15.0 Å². The van der Waals surface area contributed by atoms with Crippen LogP contribution in [0.3, 0.4) is 0 Å². The van der Waals surface area contributed by atoms with E-state index in [9.17, 15) is 0 Å². The zero-order valence-corrected chi connectivity index (χ0v) is 24.2. The van der Waals surface area contributed by atoms with Gasteiger partial charge in [-0.3, -0.25) is 0 Å². The Bertz CT molecular complexity index is 2480. The molecule has 9 rings (SSSR count). The van der Waals surface area contributed by atoms with Crippen molar-refractivity contribution in [1.29, 1.82) is 0 Å². The summed E-state index contributed by atoms with van der Waals surface area (Å²) in [5.41, 5.74) is 6.54. The maximum atomic E-state index is 6.39. The maximum Gasteiger partial charge on any atom is 0.165 e. The van der Waals surface area contributed by atoms with Gasteiger partial charge in [-0.05, 0) is 56.9 Å². The van der Waals surface area contributed by atoms with Gasteiger partial charge in [0.2, 0.25) is 0 Å². The van der Waals surface area contributed by atoms with Crippen LogP contribution in [0.4, 0.5) is 0 Å². The van der Waals surface area contributed by atoms with Crippen molar-refractivity contribution >= 4 is 43.5 Å². The third-order valence-corrected chi connectivity index (χ3v) is 8.52. The summed E-state index contributed by atoms with van der Waals surface area (Å²) in [6, 6.07) is 52.2. The summed E-state index contributed by atoms with van der Waals surface area (Å²) in [7, 11) is 0. The molecule has 0 bridgehead atoms. The van der Waals surface area contributed by atoms with Gasteiger partial charge >= 0.3 is 0 Å². The number of aromatic nitrogens is 3. The first kappa shape index (κ1) is 25.4. The summed E-state index contributed by atoms with van der Waals surface area (Å²) in [5.74, 6) is 1.85. The third-order valence-electron chi connectivity index (χ3n) is 8.52. The summed E-state index contributed by atoms with van der Waals surface area (Å²) in [6.45, 7) is 0.